The summed E-state index contributed by atoms with van der Waals surface area (Å²) in [7, 11) is 0. The molecule has 2 aromatic heterocycles. The van der Waals surface area contributed by atoms with E-state index in [1.54, 1.807) is 36.7 Å². The SMILES string of the molecule is O=C(CCCCC(=O)Nc1ccccn1)Nc1ccccn1. The molecule has 0 atom stereocenters. The average molecular weight is 298 g/mol. The van der Waals surface area contributed by atoms with Gasteiger partial charge in [-0.3, -0.25) is 9.59 Å². The molecule has 114 valence electrons. The monoisotopic (exact) mass is 298 g/mol. The summed E-state index contributed by atoms with van der Waals surface area (Å²) in [5.41, 5.74) is 0. The maximum atomic E-state index is 11.7. The van der Waals surface area contributed by atoms with Crippen LogP contribution in [-0.4, -0.2) is 21.8 Å². The molecule has 0 radical (unpaired) electrons. The Hall–Kier alpha value is -2.76. The van der Waals surface area contributed by atoms with Crippen molar-refractivity contribution in [2.45, 2.75) is 25.7 Å². The van der Waals surface area contributed by atoms with E-state index in [9.17, 15) is 9.59 Å². The minimum absolute atomic E-state index is 0.0937. The van der Waals surface area contributed by atoms with Crippen LogP contribution in [0.15, 0.2) is 48.8 Å². The molecule has 6 heteroatoms. The van der Waals surface area contributed by atoms with Crippen molar-refractivity contribution < 1.29 is 9.59 Å². The number of amides is 2. The highest BCUT2D eigenvalue weighted by Gasteiger charge is 2.05. The number of unbranched alkanes of at least 4 members (excludes halogenated alkanes) is 1. The summed E-state index contributed by atoms with van der Waals surface area (Å²) in [6.45, 7) is 0. The van der Waals surface area contributed by atoms with Crippen LogP contribution < -0.4 is 10.6 Å². The van der Waals surface area contributed by atoms with Crippen molar-refractivity contribution in [3.05, 3.63) is 48.8 Å². The van der Waals surface area contributed by atoms with Crippen LogP contribution in [0.5, 0.6) is 0 Å². The number of nitrogens with one attached hydrogen (secondary N) is 2. The lowest BCUT2D eigenvalue weighted by Crippen LogP contribution is -2.14. The van der Waals surface area contributed by atoms with Gasteiger partial charge in [0.25, 0.3) is 0 Å². The third-order valence-electron chi connectivity index (χ3n) is 2.92. The predicted molar refractivity (Wildman–Crippen MR) is 84.2 cm³/mol. The van der Waals surface area contributed by atoms with Crippen molar-refractivity contribution >= 4 is 23.5 Å². The Morgan fingerprint density at radius 3 is 1.59 bits per heavy atom. The van der Waals surface area contributed by atoms with E-state index in [1.165, 1.54) is 0 Å². The number of nitrogens with zero attached hydrogens (tertiary/aromatic N) is 2. The van der Waals surface area contributed by atoms with Crippen LogP contribution in [-0.2, 0) is 9.59 Å². The fourth-order valence-corrected chi connectivity index (χ4v) is 1.86. The van der Waals surface area contributed by atoms with Gasteiger partial charge in [0.05, 0.1) is 0 Å². The smallest absolute Gasteiger partial charge is 0.225 e. The maximum absolute atomic E-state index is 11.7. The van der Waals surface area contributed by atoms with E-state index in [2.05, 4.69) is 20.6 Å². The van der Waals surface area contributed by atoms with Gasteiger partial charge < -0.3 is 10.6 Å². The molecule has 0 unspecified atom stereocenters. The number of aromatic nitrogens is 2. The highest BCUT2D eigenvalue weighted by Crippen LogP contribution is 2.06. The zero-order valence-corrected chi connectivity index (χ0v) is 12.2. The Bertz CT molecular complexity index is 547. The molecule has 0 bridgehead atoms. The number of carbonyl (C=O) groups excluding carboxylic acids is 2. The Morgan fingerprint density at radius 1 is 0.773 bits per heavy atom. The van der Waals surface area contributed by atoms with Gasteiger partial charge in [-0.05, 0) is 37.1 Å². The van der Waals surface area contributed by atoms with Crippen molar-refractivity contribution in [1.29, 1.82) is 0 Å². The molecule has 2 aromatic rings. The molecule has 0 aliphatic rings. The second kappa shape index (κ2) is 8.51. The van der Waals surface area contributed by atoms with E-state index in [4.69, 9.17) is 0 Å². The van der Waals surface area contributed by atoms with Gasteiger partial charge in [-0.2, -0.15) is 0 Å². The average Bonchev–Trinajstić information content (AvgIpc) is 2.53. The van der Waals surface area contributed by atoms with Crippen LogP contribution in [0.25, 0.3) is 0 Å². The number of pyridine rings is 2. The van der Waals surface area contributed by atoms with Gasteiger partial charge in [-0.15, -0.1) is 0 Å². The molecular weight excluding hydrogens is 280 g/mol. The van der Waals surface area contributed by atoms with Crippen LogP contribution in [0, 0.1) is 0 Å². The third kappa shape index (κ3) is 5.70. The molecule has 0 saturated heterocycles. The summed E-state index contributed by atoms with van der Waals surface area (Å²) in [6.07, 6.45) is 5.28. The number of hydrogen-bond donors (Lipinski definition) is 2. The normalized spacial score (nSPS) is 10.0. The fourth-order valence-electron chi connectivity index (χ4n) is 1.86. The van der Waals surface area contributed by atoms with Gasteiger partial charge in [-0.25, -0.2) is 9.97 Å². The van der Waals surface area contributed by atoms with Gasteiger partial charge in [0, 0.05) is 25.2 Å². The summed E-state index contributed by atoms with van der Waals surface area (Å²) in [4.78, 5) is 31.4. The molecule has 0 aliphatic carbocycles. The van der Waals surface area contributed by atoms with Gasteiger partial charge in [0.2, 0.25) is 11.8 Å². The van der Waals surface area contributed by atoms with Crippen LogP contribution in [0.4, 0.5) is 11.6 Å². The Balaban J connectivity index is 1.60. The molecule has 6 nitrogen and oxygen atoms in total. The first-order chi connectivity index (χ1) is 10.7. The highest BCUT2D eigenvalue weighted by atomic mass is 16.2. The van der Waals surface area contributed by atoms with Crippen molar-refractivity contribution in [2.75, 3.05) is 10.6 Å². The lowest BCUT2D eigenvalue weighted by Gasteiger charge is -2.05. The number of rotatable bonds is 7. The summed E-state index contributed by atoms with van der Waals surface area (Å²) >= 11 is 0. The molecule has 0 saturated carbocycles. The molecule has 0 spiro atoms. The molecular formula is C16H18N4O2. The van der Waals surface area contributed by atoms with Crippen LogP contribution in [0.3, 0.4) is 0 Å². The Kier molecular flexibility index (Phi) is 6.04. The molecule has 2 heterocycles. The molecule has 0 aromatic carbocycles. The first-order valence-corrected chi connectivity index (χ1v) is 7.16. The van der Waals surface area contributed by atoms with Gasteiger partial charge >= 0.3 is 0 Å². The summed E-state index contributed by atoms with van der Waals surface area (Å²) in [6, 6.07) is 10.7. The zero-order chi connectivity index (χ0) is 15.6. The quantitative estimate of drug-likeness (QED) is 0.770. The molecule has 2 rings (SSSR count). The van der Waals surface area contributed by atoms with E-state index in [0.717, 1.165) is 0 Å². The summed E-state index contributed by atoms with van der Waals surface area (Å²) in [5, 5.41) is 5.42. The number of anilines is 2. The van der Waals surface area contributed by atoms with Crippen molar-refractivity contribution in [1.82, 2.24) is 9.97 Å². The molecule has 0 aliphatic heterocycles. The minimum Gasteiger partial charge on any atom is -0.311 e. The van der Waals surface area contributed by atoms with Gasteiger partial charge in [-0.1, -0.05) is 12.1 Å². The van der Waals surface area contributed by atoms with Crippen LogP contribution in [0.1, 0.15) is 25.7 Å². The van der Waals surface area contributed by atoms with Gasteiger partial charge in [0.15, 0.2) is 0 Å². The van der Waals surface area contributed by atoms with Crippen LogP contribution >= 0.6 is 0 Å². The Labute approximate surface area is 129 Å². The summed E-state index contributed by atoms with van der Waals surface area (Å²) in [5.74, 6) is 0.897. The second-order valence-corrected chi connectivity index (χ2v) is 4.73. The molecule has 22 heavy (non-hydrogen) atoms. The zero-order valence-electron chi connectivity index (χ0n) is 12.2. The van der Waals surface area contributed by atoms with E-state index in [1.807, 2.05) is 12.1 Å². The van der Waals surface area contributed by atoms with Crippen molar-refractivity contribution in [3.8, 4) is 0 Å². The van der Waals surface area contributed by atoms with E-state index < -0.39 is 0 Å². The Morgan fingerprint density at radius 2 is 1.23 bits per heavy atom. The van der Waals surface area contributed by atoms with Crippen molar-refractivity contribution in [2.24, 2.45) is 0 Å². The third-order valence-corrected chi connectivity index (χ3v) is 2.92. The largest absolute Gasteiger partial charge is 0.311 e. The lowest BCUT2D eigenvalue weighted by molar-refractivity contribution is -0.118. The molecule has 2 amide bonds. The first-order valence-electron chi connectivity index (χ1n) is 7.16. The maximum Gasteiger partial charge on any atom is 0.225 e. The predicted octanol–water partition coefficient (Wildman–Crippen LogP) is 2.61. The lowest BCUT2D eigenvalue weighted by atomic mass is 10.2. The fraction of sp³-hybridized carbons (Fsp3) is 0.250. The van der Waals surface area contributed by atoms with E-state index in [0.29, 0.717) is 37.3 Å². The van der Waals surface area contributed by atoms with E-state index in [-0.39, 0.29) is 11.8 Å². The minimum atomic E-state index is -0.0937. The van der Waals surface area contributed by atoms with Crippen LogP contribution in [0.2, 0.25) is 0 Å². The summed E-state index contributed by atoms with van der Waals surface area (Å²) < 4.78 is 0. The highest BCUT2D eigenvalue weighted by molar-refractivity contribution is 5.90. The standard InChI is InChI=1S/C16H18N4O2/c21-15(19-13-7-3-5-11-17-13)9-1-2-10-16(22)20-14-8-4-6-12-18-14/h3-8,11-12H,1-2,9-10H2,(H,17,19,21)(H,18,20,22). The first kappa shape index (κ1) is 15.6. The molecule has 2 N–H and O–H groups in total. The van der Waals surface area contributed by atoms with E-state index >= 15 is 0 Å². The number of hydrogen-bond acceptors (Lipinski definition) is 4. The van der Waals surface area contributed by atoms with Crippen molar-refractivity contribution in [3.63, 3.8) is 0 Å². The second-order valence-electron chi connectivity index (χ2n) is 4.73. The topological polar surface area (TPSA) is 84.0 Å². The molecule has 0 fully saturated rings. The van der Waals surface area contributed by atoms with Gasteiger partial charge in [0.1, 0.15) is 11.6 Å². The number of carbonyl (C=O) groups is 2.